The molecule has 1 aromatic carbocycles. The third kappa shape index (κ3) is 4.03. The van der Waals surface area contributed by atoms with Crippen LogP contribution in [0.4, 0.5) is 8.78 Å². The molecule has 0 bridgehead atoms. The van der Waals surface area contributed by atoms with Gasteiger partial charge >= 0.3 is 5.76 Å². The van der Waals surface area contributed by atoms with Crippen molar-refractivity contribution in [3.63, 3.8) is 0 Å². The van der Waals surface area contributed by atoms with E-state index in [1.165, 1.54) is 35.5 Å². The Labute approximate surface area is 159 Å². The largest absolute Gasteiger partial charge is 0.487 e. The fraction of sp³-hybridized carbons (Fsp3) is 0.294. The van der Waals surface area contributed by atoms with E-state index < -0.39 is 26.4 Å². The lowest BCUT2D eigenvalue weighted by Gasteiger charge is -2.19. The Hall–Kier alpha value is -2.26. The minimum absolute atomic E-state index is 0.181. The zero-order valence-corrected chi connectivity index (χ0v) is 15.5. The van der Waals surface area contributed by atoms with Gasteiger partial charge in [-0.2, -0.15) is 8.78 Å². The van der Waals surface area contributed by atoms with Crippen LogP contribution in [0, 0.1) is 0 Å². The first-order chi connectivity index (χ1) is 12.8. The van der Waals surface area contributed by atoms with Gasteiger partial charge in [0.25, 0.3) is 5.91 Å². The zero-order valence-electron chi connectivity index (χ0n) is 13.9. The van der Waals surface area contributed by atoms with Gasteiger partial charge in [-0.1, -0.05) is 23.7 Å². The second-order valence-electron chi connectivity index (χ2n) is 5.89. The average molecular weight is 417 g/mol. The topological polar surface area (TPSA) is 76.6 Å². The third-order valence-electron chi connectivity index (χ3n) is 4.12. The molecule has 1 atom stereocenters. The molecule has 3 rings (SSSR count). The molecule has 1 aliphatic heterocycles. The number of likely N-dealkylation sites (tertiary alicyclic amines) is 1. The molecule has 144 valence electrons. The van der Waals surface area contributed by atoms with Crippen LogP contribution < -0.4 is 4.74 Å². The first kappa shape index (κ1) is 19.5. The SMILES string of the molecule is O=C(c1ccccc1S(=O)(=O)C(F)F)N1CCC(Oc2ccncc2Cl)C1. The van der Waals surface area contributed by atoms with Crippen molar-refractivity contribution >= 4 is 27.3 Å². The molecule has 0 N–H and O–H groups in total. The molecule has 1 unspecified atom stereocenters. The van der Waals surface area contributed by atoms with Crippen LogP contribution in [-0.4, -0.2) is 49.2 Å². The van der Waals surface area contributed by atoms with Crippen LogP contribution in [-0.2, 0) is 9.84 Å². The van der Waals surface area contributed by atoms with E-state index >= 15 is 0 Å². The van der Waals surface area contributed by atoms with E-state index in [9.17, 15) is 22.0 Å². The van der Waals surface area contributed by atoms with Gasteiger partial charge in [-0.15, -0.1) is 0 Å². The number of alkyl halides is 2. The number of benzene rings is 1. The molecule has 1 saturated heterocycles. The van der Waals surface area contributed by atoms with E-state index in [-0.39, 0.29) is 18.2 Å². The number of ether oxygens (including phenoxy) is 1. The molecule has 1 fully saturated rings. The summed E-state index contributed by atoms with van der Waals surface area (Å²) in [6, 6.07) is 6.56. The van der Waals surface area contributed by atoms with Crippen LogP contribution in [0.3, 0.4) is 0 Å². The molecule has 10 heteroatoms. The maximum atomic E-state index is 12.9. The number of pyridine rings is 1. The summed E-state index contributed by atoms with van der Waals surface area (Å²) in [5, 5.41) is 0.329. The summed E-state index contributed by atoms with van der Waals surface area (Å²) < 4.78 is 55.3. The van der Waals surface area contributed by atoms with E-state index in [0.29, 0.717) is 23.7 Å². The lowest BCUT2D eigenvalue weighted by Crippen LogP contribution is -2.32. The van der Waals surface area contributed by atoms with Gasteiger partial charge in [0.2, 0.25) is 9.84 Å². The van der Waals surface area contributed by atoms with Gasteiger partial charge in [-0.25, -0.2) is 8.42 Å². The number of halogens is 3. The summed E-state index contributed by atoms with van der Waals surface area (Å²) in [6.07, 6.45) is 3.09. The summed E-state index contributed by atoms with van der Waals surface area (Å²) in [5.74, 6) is -3.82. The Balaban J connectivity index is 1.78. The van der Waals surface area contributed by atoms with Crippen molar-refractivity contribution in [3.05, 3.63) is 53.3 Å². The monoisotopic (exact) mass is 416 g/mol. The van der Waals surface area contributed by atoms with Crippen molar-refractivity contribution in [1.29, 1.82) is 0 Å². The minimum atomic E-state index is -4.89. The molecular formula is C17H15ClF2N2O4S. The van der Waals surface area contributed by atoms with E-state index in [1.54, 1.807) is 6.07 Å². The molecule has 0 aliphatic carbocycles. The highest BCUT2D eigenvalue weighted by Gasteiger charge is 2.34. The number of aromatic nitrogens is 1. The average Bonchev–Trinajstić information content (AvgIpc) is 3.11. The highest BCUT2D eigenvalue weighted by Crippen LogP contribution is 2.28. The maximum absolute atomic E-state index is 12.9. The van der Waals surface area contributed by atoms with Crippen molar-refractivity contribution in [3.8, 4) is 5.75 Å². The van der Waals surface area contributed by atoms with E-state index in [2.05, 4.69) is 4.98 Å². The maximum Gasteiger partial charge on any atom is 0.341 e. The normalized spacial score (nSPS) is 17.3. The van der Waals surface area contributed by atoms with Crippen molar-refractivity contribution in [2.75, 3.05) is 13.1 Å². The number of rotatable bonds is 5. The Bertz CT molecular complexity index is 955. The number of carbonyl (C=O) groups is 1. The summed E-state index contributed by atoms with van der Waals surface area (Å²) in [4.78, 5) is 17.3. The van der Waals surface area contributed by atoms with E-state index in [0.717, 1.165) is 6.07 Å². The second kappa shape index (κ2) is 7.77. The van der Waals surface area contributed by atoms with E-state index in [1.807, 2.05) is 0 Å². The quantitative estimate of drug-likeness (QED) is 0.748. The summed E-state index contributed by atoms with van der Waals surface area (Å²) in [7, 11) is -4.89. The molecule has 1 aromatic heterocycles. The Kier molecular flexibility index (Phi) is 5.61. The van der Waals surface area contributed by atoms with Gasteiger partial charge in [0.15, 0.2) is 0 Å². The molecule has 0 saturated carbocycles. The van der Waals surface area contributed by atoms with Crippen LogP contribution in [0.1, 0.15) is 16.8 Å². The van der Waals surface area contributed by atoms with Crippen LogP contribution >= 0.6 is 11.6 Å². The van der Waals surface area contributed by atoms with Crippen molar-refractivity contribution in [2.24, 2.45) is 0 Å². The standard InChI is InChI=1S/C17H15ClF2N2O4S/c18-13-9-21-7-5-14(13)26-11-6-8-22(10-11)16(23)12-3-1-2-4-15(12)27(24,25)17(19)20/h1-5,7,9,11,17H,6,8,10H2. The molecule has 2 heterocycles. The molecule has 27 heavy (non-hydrogen) atoms. The second-order valence-corrected chi connectivity index (χ2v) is 8.18. The van der Waals surface area contributed by atoms with Crippen LogP contribution in [0.2, 0.25) is 5.02 Å². The highest BCUT2D eigenvalue weighted by molar-refractivity contribution is 7.91. The van der Waals surface area contributed by atoms with Crippen LogP contribution in [0.15, 0.2) is 47.6 Å². The number of hydrogen-bond acceptors (Lipinski definition) is 5. The van der Waals surface area contributed by atoms with Crippen LogP contribution in [0.5, 0.6) is 5.75 Å². The first-order valence-corrected chi connectivity index (χ1v) is 9.89. The van der Waals surface area contributed by atoms with Gasteiger partial charge in [0.05, 0.1) is 17.0 Å². The zero-order chi connectivity index (χ0) is 19.6. The Morgan fingerprint density at radius 3 is 2.74 bits per heavy atom. The van der Waals surface area contributed by atoms with Crippen molar-refractivity contribution < 1.29 is 26.7 Å². The molecule has 2 aromatic rings. The number of sulfone groups is 1. The smallest absolute Gasteiger partial charge is 0.341 e. The van der Waals surface area contributed by atoms with Gasteiger partial charge in [-0.3, -0.25) is 9.78 Å². The van der Waals surface area contributed by atoms with Gasteiger partial charge in [0, 0.05) is 31.4 Å². The Morgan fingerprint density at radius 2 is 2.04 bits per heavy atom. The van der Waals surface area contributed by atoms with Crippen molar-refractivity contribution in [2.45, 2.75) is 23.2 Å². The molecule has 1 amide bonds. The molecule has 1 aliphatic rings. The fourth-order valence-corrected chi connectivity index (χ4v) is 3.89. The molecule has 0 spiro atoms. The van der Waals surface area contributed by atoms with Crippen molar-refractivity contribution in [1.82, 2.24) is 9.88 Å². The molecular weight excluding hydrogens is 402 g/mol. The van der Waals surface area contributed by atoms with Gasteiger partial charge in [-0.05, 0) is 12.1 Å². The number of amides is 1. The Morgan fingerprint density at radius 1 is 1.30 bits per heavy atom. The fourth-order valence-electron chi connectivity index (χ4n) is 2.80. The summed E-state index contributed by atoms with van der Waals surface area (Å²) in [6.45, 7) is 0.482. The number of hydrogen-bond donors (Lipinski definition) is 0. The van der Waals surface area contributed by atoms with Gasteiger partial charge in [0.1, 0.15) is 16.9 Å². The molecule has 6 nitrogen and oxygen atoms in total. The predicted octanol–water partition coefficient (Wildman–Crippen LogP) is 3.02. The summed E-state index contributed by atoms with van der Waals surface area (Å²) in [5.41, 5.74) is -0.277. The van der Waals surface area contributed by atoms with Crippen LogP contribution in [0.25, 0.3) is 0 Å². The molecule has 0 radical (unpaired) electrons. The highest BCUT2D eigenvalue weighted by atomic mass is 35.5. The number of carbonyl (C=O) groups excluding carboxylic acids is 1. The minimum Gasteiger partial charge on any atom is -0.487 e. The number of nitrogens with zero attached hydrogens (tertiary/aromatic N) is 2. The third-order valence-corrected chi connectivity index (χ3v) is 5.84. The van der Waals surface area contributed by atoms with Gasteiger partial charge < -0.3 is 9.64 Å². The lowest BCUT2D eigenvalue weighted by molar-refractivity contribution is 0.0768. The first-order valence-electron chi connectivity index (χ1n) is 7.97. The summed E-state index contributed by atoms with van der Waals surface area (Å²) >= 11 is 5.99. The lowest BCUT2D eigenvalue weighted by atomic mass is 10.2. The predicted molar refractivity (Wildman–Crippen MR) is 93.8 cm³/mol. The van der Waals surface area contributed by atoms with E-state index in [4.69, 9.17) is 16.3 Å².